The molecule has 3 nitrogen and oxygen atoms in total. The smallest absolute Gasteiger partial charge is 0.267 e. The van der Waals surface area contributed by atoms with E-state index in [1.807, 2.05) is 56.3 Å². The lowest BCUT2D eigenvalue weighted by Crippen LogP contribution is -2.15. The second-order valence-corrected chi connectivity index (χ2v) is 6.06. The lowest BCUT2D eigenvalue weighted by atomic mass is 10.0. The summed E-state index contributed by atoms with van der Waals surface area (Å²) in [4.78, 5) is 12.8. The van der Waals surface area contributed by atoms with Crippen LogP contribution in [-0.2, 0) is 6.42 Å². The van der Waals surface area contributed by atoms with Crippen LogP contribution in [0.15, 0.2) is 54.6 Å². The van der Waals surface area contributed by atoms with E-state index in [0.717, 1.165) is 35.4 Å². The van der Waals surface area contributed by atoms with Crippen molar-refractivity contribution in [3.8, 4) is 11.1 Å². The van der Waals surface area contributed by atoms with Gasteiger partial charge in [-0.1, -0.05) is 55.8 Å². The van der Waals surface area contributed by atoms with Crippen molar-refractivity contribution in [2.75, 3.05) is 0 Å². The summed E-state index contributed by atoms with van der Waals surface area (Å²) in [7, 11) is 0. The van der Waals surface area contributed by atoms with Gasteiger partial charge in [-0.25, -0.2) is 4.68 Å². The molecule has 0 aliphatic heterocycles. The number of aryl methyl sites for hydroxylation is 1. The van der Waals surface area contributed by atoms with Crippen molar-refractivity contribution >= 4 is 5.91 Å². The van der Waals surface area contributed by atoms with E-state index >= 15 is 0 Å². The van der Waals surface area contributed by atoms with E-state index in [2.05, 4.69) is 24.2 Å². The zero-order valence-electron chi connectivity index (χ0n) is 14.4. The number of hydrogen-bond acceptors (Lipinski definition) is 2. The highest BCUT2D eigenvalue weighted by atomic mass is 16.2. The van der Waals surface area contributed by atoms with Crippen LogP contribution in [0.25, 0.3) is 11.1 Å². The Kier molecular flexibility index (Phi) is 4.61. The summed E-state index contributed by atoms with van der Waals surface area (Å²) in [6, 6.07) is 17.9. The van der Waals surface area contributed by atoms with Gasteiger partial charge in [-0.2, -0.15) is 5.10 Å². The fraction of sp³-hybridized carbons (Fsp3) is 0.238. The van der Waals surface area contributed by atoms with Gasteiger partial charge in [0.05, 0.1) is 5.69 Å². The maximum Gasteiger partial charge on any atom is 0.278 e. The molecule has 1 heterocycles. The Morgan fingerprint density at radius 3 is 2.21 bits per heavy atom. The minimum Gasteiger partial charge on any atom is -0.267 e. The Morgan fingerprint density at radius 1 is 0.958 bits per heavy atom. The number of nitrogens with zero attached hydrogens (tertiary/aromatic N) is 2. The summed E-state index contributed by atoms with van der Waals surface area (Å²) in [5.41, 5.74) is 5.99. The molecule has 0 radical (unpaired) electrons. The lowest BCUT2D eigenvalue weighted by Gasteiger charge is -2.06. The largest absolute Gasteiger partial charge is 0.278 e. The molecule has 0 fully saturated rings. The molecule has 0 bridgehead atoms. The van der Waals surface area contributed by atoms with Crippen molar-refractivity contribution < 1.29 is 4.79 Å². The number of carbonyl (C=O) groups is 1. The van der Waals surface area contributed by atoms with Gasteiger partial charge in [0.2, 0.25) is 0 Å². The normalized spacial score (nSPS) is 10.8. The average molecular weight is 318 g/mol. The highest BCUT2D eigenvalue weighted by molar-refractivity contribution is 5.96. The van der Waals surface area contributed by atoms with Crippen LogP contribution >= 0.6 is 0 Å². The Balaban J connectivity index is 1.90. The Bertz CT molecular complexity index is 846. The van der Waals surface area contributed by atoms with Crippen LogP contribution in [-0.4, -0.2) is 15.7 Å². The third-order valence-corrected chi connectivity index (χ3v) is 4.37. The van der Waals surface area contributed by atoms with Gasteiger partial charge in [0, 0.05) is 11.3 Å². The minimum atomic E-state index is -0.0717. The maximum atomic E-state index is 12.8. The van der Waals surface area contributed by atoms with E-state index in [1.165, 1.54) is 10.2 Å². The van der Waals surface area contributed by atoms with Gasteiger partial charge in [-0.05, 0) is 49.1 Å². The summed E-state index contributed by atoms with van der Waals surface area (Å²) in [5, 5.41) is 4.45. The molecule has 0 saturated heterocycles. The third kappa shape index (κ3) is 3.02. The predicted octanol–water partition coefficient (Wildman–Crippen LogP) is 4.81. The van der Waals surface area contributed by atoms with Crippen LogP contribution in [0.4, 0.5) is 0 Å². The Morgan fingerprint density at radius 2 is 1.58 bits per heavy atom. The van der Waals surface area contributed by atoms with Gasteiger partial charge in [0.15, 0.2) is 0 Å². The zero-order valence-corrected chi connectivity index (χ0v) is 14.4. The first-order valence-corrected chi connectivity index (χ1v) is 8.37. The molecule has 0 N–H and O–H groups in total. The van der Waals surface area contributed by atoms with Crippen LogP contribution < -0.4 is 0 Å². The summed E-state index contributed by atoms with van der Waals surface area (Å²) in [6.07, 6.45) is 2.01. The van der Waals surface area contributed by atoms with Crippen LogP contribution in [0.1, 0.15) is 40.7 Å². The first kappa shape index (κ1) is 16.2. The molecule has 24 heavy (non-hydrogen) atoms. The maximum absolute atomic E-state index is 12.8. The lowest BCUT2D eigenvalue weighted by molar-refractivity contribution is 0.0942. The van der Waals surface area contributed by atoms with Crippen LogP contribution in [0, 0.1) is 13.8 Å². The topological polar surface area (TPSA) is 34.9 Å². The molecule has 2 aromatic carbocycles. The van der Waals surface area contributed by atoms with E-state index in [0.29, 0.717) is 5.56 Å². The predicted molar refractivity (Wildman–Crippen MR) is 97.3 cm³/mol. The van der Waals surface area contributed by atoms with Crippen LogP contribution in [0.5, 0.6) is 0 Å². The molecule has 0 amide bonds. The summed E-state index contributed by atoms with van der Waals surface area (Å²) >= 11 is 0. The first-order valence-electron chi connectivity index (χ1n) is 8.37. The van der Waals surface area contributed by atoms with Gasteiger partial charge in [0.1, 0.15) is 0 Å². The molecule has 0 aliphatic rings. The van der Waals surface area contributed by atoms with Gasteiger partial charge in [-0.3, -0.25) is 4.79 Å². The molecule has 0 aliphatic carbocycles. The quantitative estimate of drug-likeness (QED) is 0.692. The summed E-state index contributed by atoms with van der Waals surface area (Å²) in [5.74, 6) is -0.0717. The summed E-state index contributed by atoms with van der Waals surface area (Å²) < 4.78 is 1.54. The fourth-order valence-corrected chi connectivity index (χ4v) is 3.04. The monoisotopic (exact) mass is 318 g/mol. The fourth-order valence-electron chi connectivity index (χ4n) is 3.04. The average Bonchev–Trinajstić information content (AvgIpc) is 2.90. The van der Waals surface area contributed by atoms with Crippen molar-refractivity contribution in [3.05, 3.63) is 77.1 Å². The number of benzene rings is 2. The van der Waals surface area contributed by atoms with Gasteiger partial charge < -0.3 is 0 Å². The zero-order chi connectivity index (χ0) is 17.1. The van der Waals surface area contributed by atoms with E-state index in [-0.39, 0.29) is 5.91 Å². The van der Waals surface area contributed by atoms with Crippen molar-refractivity contribution in [3.63, 3.8) is 0 Å². The number of rotatable bonds is 4. The SMILES string of the molecule is CCCc1c(C)nn(C(=O)c2ccc(-c3ccccc3)cc2)c1C. The molecular weight excluding hydrogens is 296 g/mol. The Labute approximate surface area is 143 Å². The molecule has 0 saturated carbocycles. The van der Waals surface area contributed by atoms with Crippen molar-refractivity contribution in [2.45, 2.75) is 33.6 Å². The first-order chi connectivity index (χ1) is 11.6. The summed E-state index contributed by atoms with van der Waals surface area (Å²) in [6.45, 7) is 6.09. The third-order valence-electron chi connectivity index (χ3n) is 4.37. The van der Waals surface area contributed by atoms with Crippen molar-refractivity contribution in [1.29, 1.82) is 0 Å². The van der Waals surface area contributed by atoms with Gasteiger partial charge in [-0.15, -0.1) is 0 Å². The number of hydrogen-bond donors (Lipinski definition) is 0. The molecule has 0 atom stereocenters. The van der Waals surface area contributed by atoms with Crippen LogP contribution in [0.3, 0.4) is 0 Å². The van der Waals surface area contributed by atoms with E-state index in [1.54, 1.807) is 0 Å². The highest BCUT2D eigenvalue weighted by Crippen LogP contribution is 2.21. The molecule has 3 heteroatoms. The van der Waals surface area contributed by atoms with Gasteiger partial charge in [0.25, 0.3) is 5.91 Å². The minimum absolute atomic E-state index is 0.0717. The number of carbonyl (C=O) groups excluding carboxylic acids is 1. The highest BCUT2D eigenvalue weighted by Gasteiger charge is 2.17. The second kappa shape index (κ2) is 6.83. The molecule has 3 rings (SSSR count). The molecule has 122 valence electrons. The van der Waals surface area contributed by atoms with E-state index < -0.39 is 0 Å². The Hall–Kier alpha value is -2.68. The van der Waals surface area contributed by atoms with E-state index in [9.17, 15) is 4.79 Å². The van der Waals surface area contributed by atoms with Crippen molar-refractivity contribution in [1.82, 2.24) is 9.78 Å². The van der Waals surface area contributed by atoms with E-state index in [4.69, 9.17) is 0 Å². The molecule has 0 spiro atoms. The molecule has 0 unspecified atom stereocenters. The van der Waals surface area contributed by atoms with Crippen LogP contribution in [0.2, 0.25) is 0 Å². The van der Waals surface area contributed by atoms with Crippen molar-refractivity contribution in [2.24, 2.45) is 0 Å². The standard InChI is InChI=1S/C21H22N2O/c1-4-8-20-15(2)22-23(16(20)3)21(24)19-13-11-18(12-14-19)17-9-6-5-7-10-17/h5-7,9-14H,4,8H2,1-3H3. The number of aromatic nitrogens is 2. The molecule has 1 aromatic heterocycles. The van der Waals surface area contributed by atoms with Gasteiger partial charge >= 0.3 is 0 Å². The molecule has 3 aromatic rings. The second-order valence-electron chi connectivity index (χ2n) is 6.06. The molecular formula is C21H22N2O.